The number of likely N-dealkylation sites (tertiary alicyclic amines) is 2. The van der Waals surface area contributed by atoms with Gasteiger partial charge in [-0.3, -0.25) is 9.59 Å². The van der Waals surface area contributed by atoms with Crippen LogP contribution in [0.15, 0.2) is 36.4 Å². The van der Waals surface area contributed by atoms with Crippen molar-refractivity contribution in [3.8, 4) is 12.1 Å². The second kappa shape index (κ2) is 20.4. The minimum Gasteiger partial charge on any atom is -0.463 e. The van der Waals surface area contributed by atoms with Crippen molar-refractivity contribution in [3.63, 3.8) is 0 Å². The third-order valence-corrected chi connectivity index (χ3v) is 14.4. The van der Waals surface area contributed by atoms with Crippen LogP contribution >= 0.6 is 0 Å². The van der Waals surface area contributed by atoms with Gasteiger partial charge in [-0.15, -0.1) is 0 Å². The van der Waals surface area contributed by atoms with Crippen molar-refractivity contribution in [1.29, 1.82) is 10.5 Å². The Morgan fingerprint density at radius 3 is 1.33 bits per heavy atom. The lowest BCUT2D eigenvalue weighted by Crippen LogP contribution is -2.49. The Bertz CT molecular complexity index is 2620. The smallest absolute Gasteiger partial charge is 0.410 e. The lowest BCUT2D eigenvalue weighted by atomic mass is 9.96. The summed E-state index contributed by atoms with van der Waals surface area (Å²) in [6.45, 7) is 23.5. The van der Waals surface area contributed by atoms with Gasteiger partial charge in [-0.1, -0.05) is 0 Å². The number of fused-ring (bicyclic) bond motifs is 6. The minimum absolute atomic E-state index is 0.00464. The number of carbonyl (C=O) groups is 4. The Hall–Kier alpha value is -6.10. The molecule has 0 saturated carbocycles. The number of aromatic nitrogens is 2. The van der Waals surface area contributed by atoms with Gasteiger partial charge < -0.3 is 48.1 Å². The number of hydrogen-bond donors (Lipinski definition) is 2. The van der Waals surface area contributed by atoms with E-state index in [4.69, 9.17) is 18.9 Å². The average Bonchev–Trinajstić information content (AvgIpc) is 4.10. The molecule has 2 saturated heterocycles. The fourth-order valence-corrected chi connectivity index (χ4v) is 11.2. The number of benzene rings is 2. The molecule has 2 aromatic carbocycles. The molecular formula is C56H74N6O10. The van der Waals surface area contributed by atoms with E-state index < -0.39 is 46.7 Å². The molecule has 4 aliphatic rings. The van der Waals surface area contributed by atoms with Crippen LogP contribution < -0.4 is 0 Å². The lowest BCUT2D eigenvalue weighted by molar-refractivity contribution is -0.148. The van der Waals surface area contributed by atoms with Gasteiger partial charge in [-0.25, -0.2) is 9.59 Å². The zero-order valence-electron chi connectivity index (χ0n) is 44.3. The average molecular weight is 991 g/mol. The number of ether oxygens (including phenoxy) is 4. The Morgan fingerprint density at radius 1 is 0.653 bits per heavy atom. The van der Waals surface area contributed by atoms with Crippen LogP contribution in [0.2, 0.25) is 0 Å². The van der Waals surface area contributed by atoms with E-state index in [-0.39, 0.29) is 48.8 Å². The number of hydrogen-bond acceptors (Lipinski definition) is 12. The second-order valence-corrected chi connectivity index (χ2v) is 23.2. The Morgan fingerprint density at radius 2 is 1.01 bits per heavy atom. The van der Waals surface area contributed by atoms with Crippen molar-refractivity contribution in [2.75, 3.05) is 13.1 Å². The summed E-state index contributed by atoms with van der Waals surface area (Å²) in [5, 5.41) is 43.5. The van der Waals surface area contributed by atoms with Crippen molar-refractivity contribution in [2.24, 2.45) is 0 Å². The Balaban J connectivity index is 0.000000211. The maximum Gasteiger partial charge on any atom is 0.410 e. The molecule has 6 atom stereocenters. The molecule has 2 aromatic heterocycles. The van der Waals surface area contributed by atoms with Gasteiger partial charge >= 0.3 is 24.1 Å². The first-order valence-electron chi connectivity index (χ1n) is 25.5. The van der Waals surface area contributed by atoms with E-state index in [1.54, 1.807) is 35.8 Å². The van der Waals surface area contributed by atoms with Gasteiger partial charge in [0.25, 0.3) is 0 Å². The van der Waals surface area contributed by atoms with Gasteiger partial charge in [0, 0.05) is 59.4 Å². The highest BCUT2D eigenvalue weighted by molar-refractivity contribution is 5.90. The monoisotopic (exact) mass is 991 g/mol. The van der Waals surface area contributed by atoms with Crippen molar-refractivity contribution in [1.82, 2.24) is 18.9 Å². The second-order valence-electron chi connectivity index (χ2n) is 23.2. The standard InChI is InChI=1S/2C28H37N3O5/c2*1-17(2)35-24(32)14-19-8-10-22-25(19)20-13-18(15-29)7-9-21(20)31(22)16-23-28(6,34)11-12-30(23)26(33)36-27(3,4)5/h2*7,9,13,17,19,23,34H,8,10-12,14,16H2,1-6H3/t19-,23+,28-;19-,23-,28+/m00/s1. The van der Waals surface area contributed by atoms with Crippen LogP contribution in [0.5, 0.6) is 0 Å². The molecule has 8 rings (SSSR count). The summed E-state index contributed by atoms with van der Waals surface area (Å²) < 4.78 is 26.5. The topological polar surface area (TPSA) is 210 Å². The van der Waals surface area contributed by atoms with Crippen molar-refractivity contribution < 1.29 is 48.3 Å². The summed E-state index contributed by atoms with van der Waals surface area (Å²) in [6, 6.07) is 14.7. The number of amides is 2. The van der Waals surface area contributed by atoms with Crippen LogP contribution in [0.25, 0.3) is 21.8 Å². The Kier molecular flexibility index (Phi) is 15.2. The van der Waals surface area contributed by atoms with Gasteiger partial charge in [0.1, 0.15) is 11.2 Å². The fourth-order valence-electron chi connectivity index (χ4n) is 11.2. The molecule has 0 bridgehead atoms. The van der Waals surface area contributed by atoms with Crippen molar-refractivity contribution in [2.45, 2.75) is 206 Å². The van der Waals surface area contributed by atoms with E-state index in [0.29, 0.717) is 50.1 Å². The number of nitrogens with zero attached hydrogens (tertiary/aromatic N) is 6. The number of esters is 2. The molecule has 0 spiro atoms. The van der Waals surface area contributed by atoms with E-state index in [0.717, 1.165) is 70.0 Å². The van der Waals surface area contributed by atoms with E-state index in [9.17, 15) is 39.9 Å². The van der Waals surface area contributed by atoms with Gasteiger partial charge in [0.15, 0.2) is 0 Å². The van der Waals surface area contributed by atoms with Gasteiger partial charge in [0.05, 0.1) is 71.6 Å². The lowest BCUT2D eigenvalue weighted by Gasteiger charge is -2.34. The number of carbonyl (C=O) groups excluding carboxylic acids is 4. The predicted octanol–water partition coefficient (Wildman–Crippen LogP) is 9.29. The first-order chi connectivity index (χ1) is 33.6. The van der Waals surface area contributed by atoms with Gasteiger partial charge in [0.2, 0.25) is 0 Å². The van der Waals surface area contributed by atoms with E-state index in [1.165, 1.54) is 0 Å². The first kappa shape index (κ1) is 53.7. The van der Waals surface area contributed by atoms with Crippen LogP contribution in [0.1, 0.15) is 167 Å². The van der Waals surface area contributed by atoms with Crippen molar-refractivity contribution >= 4 is 45.9 Å². The van der Waals surface area contributed by atoms with Crippen LogP contribution in [0.3, 0.4) is 0 Å². The summed E-state index contributed by atoms with van der Waals surface area (Å²) in [7, 11) is 0. The molecule has 0 unspecified atom stereocenters. The molecule has 2 aliphatic carbocycles. The SMILES string of the molecule is CC(C)OC(=O)C[C@@H]1CCc2c1c1cc(C#N)ccc1n2C[C@@H]1N(C(=O)OC(C)(C)C)CC[C@@]1(C)O.CC(C)OC(=O)C[C@@H]1CCc2c1c1cc(C#N)ccc1n2C[C@H]1N(C(=O)OC(C)(C)C)CC[C@]1(C)O. The summed E-state index contributed by atoms with van der Waals surface area (Å²) in [6.07, 6.45) is 3.43. The molecule has 16 heteroatoms. The number of rotatable bonds is 10. The highest BCUT2D eigenvalue weighted by atomic mass is 16.6. The zero-order chi connectivity index (χ0) is 52.8. The summed E-state index contributed by atoms with van der Waals surface area (Å²) in [4.78, 5) is 54.3. The highest BCUT2D eigenvalue weighted by Gasteiger charge is 2.49. The largest absolute Gasteiger partial charge is 0.463 e. The van der Waals surface area contributed by atoms with E-state index in [1.807, 2.05) is 93.5 Å². The zero-order valence-corrected chi connectivity index (χ0v) is 44.3. The summed E-state index contributed by atoms with van der Waals surface area (Å²) in [5.74, 6) is -0.463. The van der Waals surface area contributed by atoms with Gasteiger partial charge in [-0.05, 0) is 181 Å². The summed E-state index contributed by atoms with van der Waals surface area (Å²) in [5.41, 5.74) is 3.89. The maximum absolute atomic E-state index is 13.0. The molecule has 4 heterocycles. The maximum atomic E-state index is 13.0. The van der Waals surface area contributed by atoms with Crippen LogP contribution in [-0.2, 0) is 54.5 Å². The Labute approximate surface area is 423 Å². The molecule has 388 valence electrons. The fraction of sp³-hybridized carbons (Fsp3) is 0.607. The quantitative estimate of drug-likeness (QED) is 0.113. The molecule has 2 fully saturated rings. The first-order valence-corrected chi connectivity index (χ1v) is 25.5. The highest BCUT2D eigenvalue weighted by Crippen LogP contribution is 2.46. The molecule has 2 aliphatic heterocycles. The van der Waals surface area contributed by atoms with Crippen molar-refractivity contribution in [3.05, 3.63) is 70.0 Å². The third-order valence-electron chi connectivity index (χ3n) is 14.4. The molecule has 16 nitrogen and oxygen atoms in total. The summed E-state index contributed by atoms with van der Waals surface area (Å²) >= 11 is 0. The normalized spacial score (nSPS) is 23.7. The van der Waals surface area contributed by atoms with E-state index in [2.05, 4.69) is 21.3 Å². The number of nitriles is 2. The molecule has 2 N–H and O–H groups in total. The van der Waals surface area contributed by atoms with E-state index >= 15 is 0 Å². The third kappa shape index (κ3) is 11.6. The molecule has 0 radical (unpaired) electrons. The van der Waals surface area contributed by atoms with Crippen LogP contribution in [0.4, 0.5) is 9.59 Å². The molecular weight excluding hydrogens is 917 g/mol. The predicted molar refractivity (Wildman–Crippen MR) is 271 cm³/mol. The molecule has 4 aromatic rings. The molecule has 72 heavy (non-hydrogen) atoms. The molecule has 2 amide bonds. The van der Waals surface area contributed by atoms with Crippen LogP contribution in [0, 0.1) is 22.7 Å². The van der Waals surface area contributed by atoms with Crippen LogP contribution in [-0.4, -0.2) is 113 Å². The minimum atomic E-state index is -1.08. The van der Waals surface area contributed by atoms with Gasteiger partial charge in [-0.2, -0.15) is 10.5 Å². The number of aliphatic hydroxyl groups is 2.